The molecule has 6 heteroatoms. The lowest BCUT2D eigenvalue weighted by atomic mass is 10.00. The van der Waals surface area contributed by atoms with E-state index in [1.165, 1.54) is 0 Å². The Morgan fingerprint density at radius 1 is 1.00 bits per heavy atom. The quantitative estimate of drug-likeness (QED) is 0.357. The highest BCUT2D eigenvalue weighted by molar-refractivity contribution is 6.77. The molecule has 1 amide bonds. The van der Waals surface area contributed by atoms with Gasteiger partial charge in [-0.3, -0.25) is 0 Å². The highest BCUT2D eigenvalue weighted by Crippen LogP contribution is 2.42. The highest BCUT2D eigenvalue weighted by Gasteiger charge is 2.44. The zero-order valence-electron chi connectivity index (χ0n) is 19.2. The summed E-state index contributed by atoms with van der Waals surface area (Å²) in [4.78, 5) is 23.2. The Bertz CT molecular complexity index is 436. The summed E-state index contributed by atoms with van der Waals surface area (Å²) in [5, 5.41) is 2.65. The smallest absolute Gasteiger partial charge is 0.408 e. The Morgan fingerprint density at radius 3 is 1.85 bits per heavy atom. The van der Waals surface area contributed by atoms with Crippen molar-refractivity contribution in [1.29, 1.82) is 0 Å². The fourth-order valence-electron chi connectivity index (χ4n) is 4.10. The second-order valence-electron chi connectivity index (χ2n) is 9.68. The summed E-state index contributed by atoms with van der Waals surface area (Å²) in [6, 6.07) is -0.530. The Labute approximate surface area is 168 Å². The molecule has 5 nitrogen and oxygen atoms in total. The van der Waals surface area contributed by atoms with Gasteiger partial charge in [0.05, 0.1) is 6.04 Å². The van der Waals surface area contributed by atoms with Gasteiger partial charge in [0.1, 0.15) is 11.9 Å². The number of nitrogens with one attached hydrogen (secondary N) is 1. The number of alkyl carbamates (subject to hydrolysis) is 1. The average molecular weight is 402 g/mol. The number of hydrogen-bond donors (Lipinski definition) is 1. The Kier molecular flexibility index (Phi) is 10.8. The third-order valence-corrected chi connectivity index (χ3v) is 11.3. The second kappa shape index (κ2) is 11.2. The van der Waals surface area contributed by atoms with Crippen LogP contribution in [-0.2, 0) is 14.0 Å². The van der Waals surface area contributed by atoms with Crippen molar-refractivity contribution in [2.45, 2.75) is 110 Å². The summed E-state index contributed by atoms with van der Waals surface area (Å²) >= 11 is 0. The number of aldehydes is 1. The number of ether oxygens (including phenoxy) is 1. The van der Waals surface area contributed by atoms with E-state index in [2.05, 4.69) is 53.8 Å². The SMILES string of the molecule is CC(C)[Si](OCC[C@H](C)C[C@@H](C=O)NC(=O)OC(C)(C)C)(C(C)C)C(C)C. The first-order chi connectivity index (χ1) is 12.3. The molecule has 0 aromatic carbocycles. The zero-order chi connectivity index (χ0) is 21.4. The van der Waals surface area contributed by atoms with Crippen LogP contribution >= 0.6 is 0 Å². The summed E-state index contributed by atoms with van der Waals surface area (Å²) in [7, 11) is -1.85. The van der Waals surface area contributed by atoms with Crippen molar-refractivity contribution in [3.8, 4) is 0 Å². The van der Waals surface area contributed by atoms with Crippen LogP contribution < -0.4 is 5.32 Å². The lowest BCUT2D eigenvalue weighted by Crippen LogP contribution is -2.48. The molecule has 2 atom stereocenters. The van der Waals surface area contributed by atoms with E-state index in [0.717, 1.165) is 12.7 Å². The van der Waals surface area contributed by atoms with Gasteiger partial charge in [-0.05, 0) is 56.2 Å². The van der Waals surface area contributed by atoms with Gasteiger partial charge >= 0.3 is 6.09 Å². The minimum Gasteiger partial charge on any atom is -0.444 e. The molecule has 0 saturated carbocycles. The van der Waals surface area contributed by atoms with Gasteiger partial charge in [0.2, 0.25) is 0 Å². The standard InChI is InChI=1S/C21H43NO4Si/c1-15(2)27(16(3)4,17(5)6)25-12-11-18(7)13-19(14-23)22-20(24)26-21(8,9)10/h14-19H,11-13H2,1-10H3,(H,22,24)/t18-,19-/m0/s1. The molecule has 0 radical (unpaired) electrons. The molecule has 0 aliphatic heterocycles. The maximum atomic E-state index is 11.9. The molecule has 0 unspecified atom stereocenters. The van der Waals surface area contributed by atoms with Crippen LogP contribution in [-0.4, -0.2) is 38.9 Å². The average Bonchev–Trinajstić information content (AvgIpc) is 2.47. The minimum absolute atomic E-state index is 0.272. The Balaban J connectivity index is 4.65. The van der Waals surface area contributed by atoms with Crippen molar-refractivity contribution in [3.05, 3.63) is 0 Å². The zero-order valence-corrected chi connectivity index (χ0v) is 20.2. The van der Waals surface area contributed by atoms with Crippen molar-refractivity contribution in [2.24, 2.45) is 5.92 Å². The van der Waals surface area contributed by atoms with Crippen LogP contribution in [0.15, 0.2) is 0 Å². The van der Waals surface area contributed by atoms with E-state index in [1.807, 2.05) is 0 Å². The lowest BCUT2D eigenvalue weighted by molar-refractivity contribution is -0.110. The molecule has 27 heavy (non-hydrogen) atoms. The molecule has 160 valence electrons. The fourth-order valence-corrected chi connectivity index (χ4v) is 9.57. The van der Waals surface area contributed by atoms with Crippen molar-refractivity contribution in [3.63, 3.8) is 0 Å². The molecule has 0 fully saturated rings. The molecule has 0 aromatic heterocycles. The first-order valence-corrected chi connectivity index (χ1v) is 12.5. The third kappa shape index (κ3) is 8.77. The number of carbonyl (C=O) groups is 2. The topological polar surface area (TPSA) is 64.6 Å². The van der Waals surface area contributed by atoms with Crippen LogP contribution in [0.25, 0.3) is 0 Å². The molecule has 0 spiro atoms. The van der Waals surface area contributed by atoms with E-state index in [9.17, 15) is 9.59 Å². The molecule has 0 aromatic rings. The summed E-state index contributed by atoms with van der Waals surface area (Å²) in [6.45, 7) is 21.9. The molecule has 0 rings (SSSR count). The molecular weight excluding hydrogens is 358 g/mol. The predicted molar refractivity (Wildman–Crippen MR) is 115 cm³/mol. The predicted octanol–water partition coefficient (Wildman–Crippen LogP) is 5.69. The normalized spacial score (nSPS) is 15.1. The first kappa shape index (κ1) is 26.1. The molecule has 0 bridgehead atoms. The number of carbonyl (C=O) groups excluding carboxylic acids is 2. The van der Waals surface area contributed by atoms with Crippen LogP contribution in [0.2, 0.25) is 16.6 Å². The van der Waals surface area contributed by atoms with Gasteiger partial charge in [0, 0.05) is 6.61 Å². The second-order valence-corrected chi connectivity index (χ2v) is 15.1. The fraction of sp³-hybridized carbons (Fsp3) is 0.905. The van der Waals surface area contributed by atoms with Crippen LogP contribution in [0.5, 0.6) is 0 Å². The minimum atomic E-state index is -1.85. The van der Waals surface area contributed by atoms with Crippen LogP contribution in [0.4, 0.5) is 4.79 Å². The van der Waals surface area contributed by atoms with Crippen molar-refractivity contribution >= 4 is 20.7 Å². The first-order valence-electron chi connectivity index (χ1n) is 10.3. The van der Waals surface area contributed by atoms with Crippen LogP contribution in [0.1, 0.15) is 82.1 Å². The van der Waals surface area contributed by atoms with Crippen LogP contribution in [0, 0.1) is 5.92 Å². The Hall–Kier alpha value is -0.883. The monoisotopic (exact) mass is 401 g/mol. The largest absolute Gasteiger partial charge is 0.444 e. The van der Waals surface area contributed by atoms with E-state index in [0.29, 0.717) is 29.7 Å². The van der Waals surface area contributed by atoms with Gasteiger partial charge in [-0.1, -0.05) is 48.5 Å². The van der Waals surface area contributed by atoms with Crippen molar-refractivity contribution in [1.82, 2.24) is 5.32 Å². The van der Waals surface area contributed by atoms with E-state index >= 15 is 0 Å². The van der Waals surface area contributed by atoms with E-state index in [1.54, 1.807) is 20.8 Å². The molecule has 0 aliphatic rings. The van der Waals surface area contributed by atoms with Gasteiger partial charge in [-0.25, -0.2) is 4.79 Å². The van der Waals surface area contributed by atoms with Crippen LogP contribution in [0.3, 0.4) is 0 Å². The summed E-state index contributed by atoms with van der Waals surface area (Å²) < 4.78 is 11.8. The van der Waals surface area contributed by atoms with E-state index in [-0.39, 0.29) is 5.92 Å². The van der Waals surface area contributed by atoms with Crippen molar-refractivity contribution < 1.29 is 18.8 Å². The summed E-state index contributed by atoms with van der Waals surface area (Å²) in [6.07, 6.45) is 1.71. The summed E-state index contributed by atoms with van der Waals surface area (Å²) in [5.41, 5.74) is 1.10. The number of amides is 1. The lowest BCUT2D eigenvalue weighted by Gasteiger charge is -2.42. The molecule has 0 heterocycles. The number of hydrogen-bond acceptors (Lipinski definition) is 4. The van der Waals surface area contributed by atoms with Gasteiger partial charge in [-0.2, -0.15) is 0 Å². The maximum absolute atomic E-state index is 11.9. The van der Waals surface area contributed by atoms with Crippen molar-refractivity contribution in [2.75, 3.05) is 6.61 Å². The van der Waals surface area contributed by atoms with Gasteiger partial charge < -0.3 is 19.3 Å². The maximum Gasteiger partial charge on any atom is 0.408 e. The molecule has 0 saturated heterocycles. The van der Waals surface area contributed by atoms with Gasteiger partial charge in [0.25, 0.3) is 0 Å². The molecular formula is C21H43NO4Si. The van der Waals surface area contributed by atoms with E-state index < -0.39 is 26.1 Å². The molecule has 1 N–H and O–H groups in total. The number of rotatable bonds is 11. The third-order valence-electron chi connectivity index (χ3n) is 5.19. The van der Waals surface area contributed by atoms with E-state index in [4.69, 9.17) is 9.16 Å². The van der Waals surface area contributed by atoms with Gasteiger partial charge in [0.15, 0.2) is 8.32 Å². The Morgan fingerprint density at radius 2 is 1.48 bits per heavy atom. The molecule has 0 aliphatic carbocycles. The summed E-state index contributed by atoms with van der Waals surface area (Å²) in [5.74, 6) is 0.272. The van der Waals surface area contributed by atoms with Gasteiger partial charge in [-0.15, -0.1) is 0 Å². The highest BCUT2D eigenvalue weighted by atomic mass is 28.4.